The van der Waals surface area contributed by atoms with Crippen LogP contribution in [0.15, 0.2) is 91.0 Å². The Morgan fingerprint density at radius 3 is 1.56 bits per heavy atom. The summed E-state index contributed by atoms with van der Waals surface area (Å²) in [6.45, 7) is 6.46. The molecule has 0 atom stereocenters. The summed E-state index contributed by atoms with van der Waals surface area (Å²) in [7, 11) is 0. The minimum atomic E-state index is 1.25. The molecule has 0 nitrogen and oxygen atoms in total. The Kier molecular flexibility index (Phi) is 4.64. The van der Waals surface area contributed by atoms with Gasteiger partial charge in [-0.3, -0.25) is 0 Å². The van der Waals surface area contributed by atoms with Crippen LogP contribution < -0.4 is 0 Å². The van der Waals surface area contributed by atoms with E-state index in [1.165, 1.54) is 50.1 Å². The van der Waals surface area contributed by atoms with Crippen LogP contribution in [-0.2, 0) is 0 Å². The fourth-order valence-electron chi connectivity index (χ4n) is 3.58. The summed E-state index contributed by atoms with van der Waals surface area (Å²) < 4.78 is 0. The first-order chi connectivity index (χ1) is 13.1. The van der Waals surface area contributed by atoms with Crippen LogP contribution in [0.4, 0.5) is 0 Å². The van der Waals surface area contributed by atoms with Crippen LogP contribution >= 0.6 is 0 Å². The summed E-state index contributed by atoms with van der Waals surface area (Å²) in [4.78, 5) is 0. The van der Waals surface area contributed by atoms with E-state index in [0.29, 0.717) is 0 Å². The zero-order valence-corrected chi connectivity index (χ0v) is 16.2. The molecule has 0 radical (unpaired) electrons. The van der Waals surface area contributed by atoms with Gasteiger partial charge >= 0.3 is 0 Å². The third kappa shape index (κ3) is 3.71. The van der Waals surface area contributed by atoms with Gasteiger partial charge in [0, 0.05) is 0 Å². The lowest BCUT2D eigenvalue weighted by atomic mass is 9.94. The van der Waals surface area contributed by atoms with Crippen molar-refractivity contribution in [2.45, 2.75) is 20.8 Å². The van der Waals surface area contributed by atoms with Crippen LogP contribution in [-0.4, -0.2) is 0 Å². The van der Waals surface area contributed by atoms with Gasteiger partial charge in [0.1, 0.15) is 0 Å². The maximum atomic E-state index is 2.29. The van der Waals surface area contributed by atoms with E-state index in [1.807, 2.05) is 0 Å². The summed E-state index contributed by atoms with van der Waals surface area (Å²) >= 11 is 0. The molecule has 0 N–H and O–H groups in total. The van der Waals surface area contributed by atoms with Crippen molar-refractivity contribution in [3.05, 3.63) is 108 Å². The lowest BCUT2D eigenvalue weighted by Crippen LogP contribution is -1.87. The molecule has 0 aliphatic carbocycles. The second kappa shape index (κ2) is 7.25. The Bertz CT molecular complexity index is 1070. The van der Waals surface area contributed by atoms with E-state index >= 15 is 0 Å². The zero-order valence-electron chi connectivity index (χ0n) is 16.2. The highest BCUT2D eigenvalue weighted by atomic mass is 14.1. The molecule has 0 spiro atoms. The topological polar surface area (TPSA) is 0 Å². The Hall–Kier alpha value is -3.12. The molecule has 0 bridgehead atoms. The zero-order chi connectivity index (χ0) is 18.8. The van der Waals surface area contributed by atoms with E-state index in [1.54, 1.807) is 0 Å². The summed E-state index contributed by atoms with van der Waals surface area (Å²) in [5.41, 5.74) is 11.5. The number of rotatable bonds is 3. The molecule has 4 rings (SSSR count). The predicted molar refractivity (Wildman–Crippen MR) is 117 cm³/mol. The van der Waals surface area contributed by atoms with Crippen molar-refractivity contribution in [1.29, 1.82) is 0 Å². The molecule has 0 heterocycles. The standard InChI is InChI=1S/C27H24/c1-19-7-9-22(10-8-19)23-11-13-24(14-12-23)25-15-16-27(21(3)18-25)26-6-4-5-20(2)17-26/h4-18H,1-3H3. The van der Waals surface area contributed by atoms with E-state index in [2.05, 4.69) is 112 Å². The minimum absolute atomic E-state index is 1.25. The van der Waals surface area contributed by atoms with E-state index in [-0.39, 0.29) is 0 Å². The second-order valence-corrected chi connectivity index (χ2v) is 7.34. The van der Waals surface area contributed by atoms with Gasteiger partial charge in [-0.2, -0.15) is 0 Å². The van der Waals surface area contributed by atoms with Crippen molar-refractivity contribution >= 4 is 0 Å². The van der Waals surface area contributed by atoms with Gasteiger partial charge in [0.2, 0.25) is 0 Å². The third-order valence-electron chi connectivity index (χ3n) is 5.16. The van der Waals surface area contributed by atoms with E-state index in [4.69, 9.17) is 0 Å². The third-order valence-corrected chi connectivity index (χ3v) is 5.16. The lowest BCUT2D eigenvalue weighted by molar-refractivity contribution is 1.42. The van der Waals surface area contributed by atoms with Gasteiger partial charge in [0.25, 0.3) is 0 Å². The van der Waals surface area contributed by atoms with E-state index < -0.39 is 0 Å². The average molecular weight is 348 g/mol. The highest BCUT2D eigenvalue weighted by Gasteiger charge is 2.06. The Balaban J connectivity index is 1.64. The number of aryl methyl sites for hydroxylation is 3. The average Bonchev–Trinajstić information content (AvgIpc) is 2.69. The van der Waals surface area contributed by atoms with Gasteiger partial charge in [-0.25, -0.2) is 0 Å². The fourth-order valence-corrected chi connectivity index (χ4v) is 3.58. The molecule has 0 heteroatoms. The van der Waals surface area contributed by atoms with Gasteiger partial charge in [-0.05, 0) is 59.7 Å². The van der Waals surface area contributed by atoms with Crippen LogP contribution in [0.3, 0.4) is 0 Å². The molecule has 27 heavy (non-hydrogen) atoms. The smallest absolute Gasteiger partial charge is 0.0154 e. The van der Waals surface area contributed by atoms with Crippen molar-refractivity contribution in [2.24, 2.45) is 0 Å². The van der Waals surface area contributed by atoms with E-state index in [0.717, 1.165) is 0 Å². The Morgan fingerprint density at radius 1 is 0.407 bits per heavy atom. The molecule has 0 aliphatic heterocycles. The van der Waals surface area contributed by atoms with Gasteiger partial charge in [-0.1, -0.05) is 102 Å². The number of hydrogen-bond donors (Lipinski definition) is 0. The first-order valence-electron chi connectivity index (χ1n) is 9.45. The molecule has 132 valence electrons. The maximum Gasteiger partial charge on any atom is -0.0154 e. The largest absolute Gasteiger partial charge is 0.0614 e. The first kappa shape index (κ1) is 17.3. The van der Waals surface area contributed by atoms with E-state index in [9.17, 15) is 0 Å². The van der Waals surface area contributed by atoms with Gasteiger partial charge in [0.05, 0.1) is 0 Å². The minimum Gasteiger partial charge on any atom is -0.0614 e. The number of hydrogen-bond acceptors (Lipinski definition) is 0. The van der Waals surface area contributed by atoms with Gasteiger partial charge in [0.15, 0.2) is 0 Å². The summed E-state index contributed by atoms with van der Waals surface area (Å²) in [6.07, 6.45) is 0. The highest BCUT2D eigenvalue weighted by molar-refractivity contribution is 5.75. The highest BCUT2D eigenvalue weighted by Crippen LogP contribution is 2.30. The maximum absolute atomic E-state index is 2.29. The molecule has 0 saturated carbocycles. The molecule has 0 amide bonds. The summed E-state index contributed by atoms with van der Waals surface area (Å²) in [6, 6.07) is 33.0. The van der Waals surface area contributed by atoms with Gasteiger partial charge in [-0.15, -0.1) is 0 Å². The SMILES string of the molecule is Cc1ccc(-c2ccc(-c3ccc(-c4cccc(C)c4)c(C)c3)cc2)cc1. The van der Waals surface area contributed by atoms with Crippen molar-refractivity contribution in [2.75, 3.05) is 0 Å². The molecule has 0 unspecified atom stereocenters. The molecule has 4 aromatic carbocycles. The quantitative estimate of drug-likeness (QED) is 0.357. The van der Waals surface area contributed by atoms with Crippen molar-refractivity contribution < 1.29 is 0 Å². The first-order valence-corrected chi connectivity index (χ1v) is 9.45. The molecular formula is C27H24. The summed E-state index contributed by atoms with van der Waals surface area (Å²) in [5, 5.41) is 0. The molecule has 0 fully saturated rings. The van der Waals surface area contributed by atoms with Crippen LogP contribution in [0.2, 0.25) is 0 Å². The Labute approximate surface area is 162 Å². The van der Waals surface area contributed by atoms with Crippen LogP contribution in [0.25, 0.3) is 33.4 Å². The molecule has 0 saturated heterocycles. The molecular weight excluding hydrogens is 324 g/mol. The van der Waals surface area contributed by atoms with Crippen LogP contribution in [0.1, 0.15) is 16.7 Å². The molecule has 0 aliphatic rings. The second-order valence-electron chi connectivity index (χ2n) is 7.34. The van der Waals surface area contributed by atoms with Crippen LogP contribution in [0.5, 0.6) is 0 Å². The predicted octanol–water partition coefficient (Wildman–Crippen LogP) is 7.61. The monoisotopic (exact) mass is 348 g/mol. The van der Waals surface area contributed by atoms with Crippen molar-refractivity contribution in [3.8, 4) is 33.4 Å². The Morgan fingerprint density at radius 2 is 0.963 bits per heavy atom. The normalized spacial score (nSPS) is 10.8. The van der Waals surface area contributed by atoms with Crippen LogP contribution in [0, 0.1) is 20.8 Å². The van der Waals surface area contributed by atoms with Gasteiger partial charge < -0.3 is 0 Å². The number of benzene rings is 4. The fraction of sp³-hybridized carbons (Fsp3) is 0.111. The van der Waals surface area contributed by atoms with Crippen molar-refractivity contribution in [3.63, 3.8) is 0 Å². The summed E-state index contributed by atoms with van der Waals surface area (Å²) in [5.74, 6) is 0. The lowest BCUT2D eigenvalue weighted by Gasteiger charge is -2.11. The molecule has 4 aromatic rings. The molecule has 0 aromatic heterocycles. The van der Waals surface area contributed by atoms with Crippen molar-refractivity contribution in [1.82, 2.24) is 0 Å².